The Kier molecular flexibility index (Phi) is 4.85. The molecule has 2 aromatic carbocycles. The van der Waals surface area contributed by atoms with E-state index in [1.54, 1.807) is 12.3 Å². The van der Waals surface area contributed by atoms with Crippen molar-refractivity contribution >= 4 is 5.91 Å². The molecule has 148 valence electrons. The summed E-state index contributed by atoms with van der Waals surface area (Å²) >= 11 is 0. The van der Waals surface area contributed by atoms with Crippen molar-refractivity contribution in [1.82, 2.24) is 15.0 Å². The Hall–Kier alpha value is -3.73. The molecule has 5 rings (SSSR count). The fraction of sp³-hybridized carbons (Fsp3) is 0.160. The summed E-state index contributed by atoms with van der Waals surface area (Å²) < 4.78 is 5.74. The molecule has 30 heavy (non-hydrogen) atoms. The highest BCUT2D eigenvalue weighted by atomic mass is 16.5. The van der Waals surface area contributed by atoms with Gasteiger partial charge in [-0.05, 0) is 23.3 Å². The fourth-order valence-electron chi connectivity index (χ4n) is 4.08. The standard InChI is InChI=1S/C25H21N3O2/c29-25(21-13-7-8-15-26-21)28-16-14-22-20(17-28)24(27-30-22)23(18-9-3-1-4-10-18)19-11-5-2-6-12-19/h1-13,15,23H,14,16-17H2. The van der Waals surface area contributed by atoms with Crippen LogP contribution in [0, 0.1) is 0 Å². The summed E-state index contributed by atoms with van der Waals surface area (Å²) in [5, 5.41) is 4.49. The van der Waals surface area contributed by atoms with Gasteiger partial charge >= 0.3 is 0 Å². The van der Waals surface area contributed by atoms with E-state index >= 15 is 0 Å². The van der Waals surface area contributed by atoms with Crippen molar-refractivity contribution in [3.63, 3.8) is 0 Å². The number of benzene rings is 2. The SMILES string of the molecule is O=C(c1ccccn1)N1CCc2onc(C(c3ccccc3)c3ccccc3)c2C1. The Balaban J connectivity index is 1.53. The molecular weight excluding hydrogens is 374 g/mol. The number of carbonyl (C=O) groups is 1. The van der Waals surface area contributed by atoms with Crippen LogP contribution >= 0.6 is 0 Å². The third-order valence-corrected chi connectivity index (χ3v) is 5.57. The minimum absolute atomic E-state index is 0.0511. The lowest BCUT2D eigenvalue weighted by Crippen LogP contribution is -2.36. The van der Waals surface area contributed by atoms with Gasteiger partial charge in [0, 0.05) is 24.7 Å². The molecule has 1 aliphatic rings. The smallest absolute Gasteiger partial charge is 0.272 e. The van der Waals surface area contributed by atoms with Gasteiger partial charge in [0.15, 0.2) is 0 Å². The van der Waals surface area contributed by atoms with Crippen molar-refractivity contribution in [3.05, 3.63) is 119 Å². The second kappa shape index (κ2) is 7.95. The van der Waals surface area contributed by atoms with Crippen LogP contribution in [0.25, 0.3) is 0 Å². The highest BCUT2D eigenvalue weighted by molar-refractivity contribution is 5.92. The lowest BCUT2D eigenvalue weighted by atomic mass is 9.85. The summed E-state index contributed by atoms with van der Waals surface area (Å²) in [4.78, 5) is 19.0. The van der Waals surface area contributed by atoms with Gasteiger partial charge in [-0.15, -0.1) is 0 Å². The van der Waals surface area contributed by atoms with E-state index in [9.17, 15) is 4.79 Å². The first-order valence-electron chi connectivity index (χ1n) is 10.1. The van der Waals surface area contributed by atoms with E-state index in [1.807, 2.05) is 53.4 Å². The van der Waals surface area contributed by atoms with Gasteiger partial charge in [-0.1, -0.05) is 71.9 Å². The lowest BCUT2D eigenvalue weighted by Gasteiger charge is -2.27. The van der Waals surface area contributed by atoms with Gasteiger partial charge in [0.25, 0.3) is 5.91 Å². The molecule has 2 aromatic heterocycles. The van der Waals surface area contributed by atoms with Gasteiger partial charge in [0.1, 0.15) is 17.1 Å². The maximum atomic E-state index is 13.0. The molecule has 0 aliphatic carbocycles. The first-order chi connectivity index (χ1) is 14.8. The maximum Gasteiger partial charge on any atom is 0.272 e. The summed E-state index contributed by atoms with van der Waals surface area (Å²) in [6, 6.07) is 26.0. The lowest BCUT2D eigenvalue weighted by molar-refractivity contribution is 0.0722. The van der Waals surface area contributed by atoms with E-state index in [2.05, 4.69) is 34.4 Å². The van der Waals surface area contributed by atoms with Gasteiger partial charge in [0.05, 0.1) is 12.5 Å². The molecule has 5 nitrogen and oxygen atoms in total. The van der Waals surface area contributed by atoms with Gasteiger partial charge < -0.3 is 9.42 Å². The largest absolute Gasteiger partial charge is 0.361 e. The van der Waals surface area contributed by atoms with E-state index < -0.39 is 0 Å². The zero-order valence-corrected chi connectivity index (χ0v) is 16.4. The van der Waals surface area contributed by atoms with E-state index in [4.69, 9.17) is 4.52 Å². The minimum Gasteiger partial charge on any atom is -0.361 e. The summed E-state index contributed by atoms with van der Waals surface area (Å²) in [6.45, 7) is 1.07. The first kappa shape index (κ1) is 18.3. The summed E-state index contributed by atoms with van der Waals surface area (Å²) in [5.74, 6) is 0.751. The molecule has 3 heterocycles. The van der Waals surface area contributed by atoms with E-state index in [1.165, 1.54) is 0 Å². The summed E-state index contributed by atoms with van der Waals surface area (Å²) in [5.41, 5.74) is 4.63. The highest BCUT2D eigenvalue weighted by Crippen LogP contribution is 2.36. The number of rotatable bonds is 4. The first-order valence-corrected chi connectivity index (χ1v) is 10.1. The second-order valence-electron chi connectivity index (χ2n) is 7.42. The third kappa shape index (κ3) is 3.39. The average molecular weight is 395 g/mol. The Bertz CT molecular complexity index is 1100. The van der Waals surface area contributed by atoms with E-state index in [0.29, 0.717) is 25.2 Å². The monoisotopic (exact) mass is 395 g/mol. The van der Waals surface area contributed by atoms with Gasteiger partial charge in [-0.25, -0.2) is 0 Å². The Morgan fingerprint density at radius 2 is 1.57 bits per heavy atom. The Morgan fingerprint density at radius 1 is 0.900 bits per heavy atom. The molecule has 0 radical (unpaired) electrons. The fourth-order valence-corrected chi connectivity index (χ4v) is 4.08. The molecule has 0 unspecified atom stereocenters. The molecule has 1 aliphatic heterocycles. The predicted octanol–water partition coefficient (Wildman–Crippen LogP) is 4.45. The molecule has 0 saturated carbocycles. The average Bonchev–Trinajstić information content (AvgIpc) is 3.24. The van der Waals surface area contributed by atoms with Crippen molar-refractivity contribution in [2.45, 2.75) is 18.9 Å². The number of fused-ring (bicyclic) bond motifs is 1. The van der Waals surface area contributed by atoms with Crippen molar-refractivity contribution < 1.29 is 9.32 Å². The quantitative estimate of drug-likeness (QED) is 0.512. The van der Waals surface area contributed by atoms with E-state index in [0.717, 1.165) is 28.1 Å². The highest BCUT2D eigenvalue weighted by Gasteiger charge is 2.32. The normalized spacial score (nSPS) is 13.3. The number of amides is 1. The number of pyridine rings is 1. The maximum absolute atomic E-state index is 13.0. The Morgan fingerprint density at radius 3 is 2.20 bits per heavy atom. The molecule has 0 atom stereocenters. The number of hydrogen-bond acceptors (Lipinski definition) is 4. The topological polar surface area (TPSA) is 59.2 Å². The van der Waals surface area contributed by atoms with Crippen LogP contribution in [-0.2, 0) is 13.0 Å². The van der Waals surface area contributed by atoms with Crippen LogP contribution in [0.5, 0.6) is 0 Å². The molecule has 0 saturated heterocycles. The summed E-state index contributed by atoms with van der Waals surface area (Å²) in [6.07, 6.45) is 2.30. The van der Waals surface area contributed by atoms with Crippen LogP contribution in [0.1, 0.15) is 44.6 Å². The number of carbonyl (C=O) groups excluding carboxylic acids is 1. The molecule has 0 bridgehead atoms. The molecule has 4 aromatic rings. The summed E-state index contributed by atoms with van der Waals surface area (Å²) in [7, 11) is 0. The molecule has 5 heteroatoms. The third-order valence-electron chi connectivity index (χ3n) is 5.57. The van der Waals surface area contributed by atoms with Crippen LogP contribution in [0.3, 0.4) is 0 Å². The number of hydrogen-bond donors (Lipinski definition) is 0. The van der Waals surface area contributed by atoms with Gasteiger partial charge in [0.2, 0.25) is 0 Å². The van der Waals surface area contributed by atoms with Crippen molar-refractivity contribution in [2.24, 2.45) is 0 Å². The Labute approximate surface area is 175 Å². The molecule has 0 spiro atoms. The number of aromatic nitrogens is 2. The van der Waals surface area contributed by atoms with Crippen LogP contribution in [0.2, 0.25) is 0 Å². The zero-order valence-electron chi connectivity index (χ0n) is 16.4. The zero-order chi connectivity index (χ0) is 20.3. The van der Waals surface area contributed by atoms with Gasteiger partial charge in [-0.3, -0.25) is 9.78 Å². The van der Waals surface area contributed by atoms with Crippen LogP contribution in [0.15, 0.2) is 89.6 Å². The van der Waals surface area contributed by atoms with Crippen molar-refractivity contribution in [1.29, 1.82) is 0 Å². The van der Waals surface area contributed by atoms with Gasteiger partial charge in [-0.2, -0.15) is 0 Å². The molecule has 0 N–H and O–H groups in total. The van der Waals surface area contributed by atoms with E-state index in [-0.39, 0.29) is 11.8 Å². The van der Waals surface area contributed by atoms with Crippen LogP contribution in [0.4, 0.5) is 0 Å². The van der Waals surface area contributed by atoms with Crippen LogP contribution in [-0.4, -0.2) is 27.5 Å². The minimum atomic E-state index is -0.0654. The second-order valence-corrected chi connectivity index (χ2v) is 7.42. The molecule has 1 amide bonds. The van der Waals surface area contributed by atoms with Crippen molar-refractivity contribution in [3.8, 4) is 0 Å². The molecule has 0 fully saturated rings. The predicted molar refractivity (Wildman–Crippen MR) is 113 cm³/mol. The van der Waals surface area contributed by atoms with Crippen molar-refractivity contribution in [2.75, 3.05) is 6.54 Å². The number of nitrogens with zero attached hydrogens (tertiary/aromatic N) is 3. The molecular formula is C25H21N3O2. The van der Waals surface area contributed by atoms with Crippen LogP contribution < -0.4 is 0 Å².